The van der Waals surface area contributed by atoms with E-state index in [0.29, 0.717) is 6.04 Å². The van der Waals surface area contributed by atoms with E-state index in [4.69, 9.17) is 4.74 Å². The Kier molecular flexibility index (Phi) is 4.15. The third-order valence-corrected chi connectivity index (χ3v) is 2.28. The van der Waals surface area contributed by atoms with Crippen molar-refractivity contribution >= 4 is 0 Å². The highest BCUT2D eigenvalue weighted by Crippen LogP contribution is 2.10. The molecule has 1 rings (SSSR count). The summed E-state index contributed by atoms with van der Waals surface area (Å²) in [5.41, 5.74) is 0. The number of rotatable bonds is 3. The Morgan fingerprint density at radius 3 is 3.00 bits per heavy atom. The number of nitrogens with zero attached hydrogens (tertiary/aromatic N) is 1. The van der Waals surface area contributed by atoms with Crippen LogP contribution in [0.5, 0.6) is 0 Å². The van der Waals surface area contributed by atoms with Gasteiger partial charge >= 0.3 is 0 Å². The number of hydrogen-bond acceptors (Lipinski definition) is 2. The van der Waals surface area contributed by atoms with Crippen LogP contribution >= 0.6 is 0 Å². The monoisotopic (exact) mass is 169 g/mol. The van der Waals surface area contributed by atoms with Crippen molar-refractivity contribution in [2.24, 2.45) is 0 Å². The van der Waals surface area contributed by atoms with E-state index in [9.17, 15) is 0 Å². The van der Waals surface area contributed by atoms with E-state index in [2.05, 4.69) is 31.0 Å². The molecule has 0 N–H and O–H groups in total. The maximum atomic E-state index is 5.41. The minimum absolute atomic E-state index is 0.599. The van der Waals surface area contributed by atoms with Gasteiger partial charge in [-0.1, -0.05) is 19.9 Å². The lowest BCUT2D eigenvalue weighted by Crippen LogP contribution is -2.41. The zero-order chi connectivity index (χ0) is 8.81. The van der Waals surface area contributed by atoms with Gasteiger partial charge in [-0.25, -0.2) is 0 Å². The summed E-state index contributed by atoms with van der Waals surface area (Å²) in [6.45, 7) is 7.20. The normalized spacial score (nSPS) is 25.2. The fourth-order valence-electron chi connectivity index (χ4n) is 1.46. The second-order valence-electron chi connectivity index (χ2n) is 3.17. The first-order chi connectivity index (χ1) is 5.88. The summed E-state index contributed by atoms with van der Waals surface area (Å²) < 4.78 is 5.41. The van der Waals surface area contributed by atoms with Crippen molar-refractivity contribution in [3.8, 4) is 0 Å². The van der Waals surface area contributed by atoms with Crippen LogP contribution < -0.4 is 0 Å². The van der Waals surface area contributed by atoms with Gasteiger partial charge in [-0.05, 0) is 19.0 Å². The molecule has 0 spiro atoms. The van der Waals surface area contributed by atoms with E-state index in [0.717, 1.165) is 26.2 Å². The van der Waals surface area contributed by atoms with E-state index in [-0.39, 0.29) is 0 Å². The van der Waals surface area contributed by atoms with Crippen molar-refractivity contribution in [2.75, 3.05) is 19.8 Å². The molecule has 2 heteroatoms. The van der Waals surface area contributed by atoms with Crippen molar-refractivity contribution in [2.45, 2.75) is 32.7 Å². The van der Waals surface area contributed by atoms with Crippen LogP contribution in [0.15, 0.2) is 12.3 Å². The summed E-state index contributed by atoms with van der Waals surface area (Å²) in [7, 11) is 0. The Morgan fingerprint density at radius 1 is 1.50 bits per heavy atom. The molecule has 12 heavy (non-hydrogen) atoms. The zero-order valence-electron chi connectivity index (χ0n) is 8.12. The predicted octanol–water partition coefficient (Wildman–Crippen LogP) is 2.02. The van der Waals surface area contributed by atoms with E-state index in [1.807, 2.05) is 0 Å². The molecular formula is C10H19NO. The Bertz CT molecular complexity index is 145. The summed E-state index contributed by atoms with van der Waals surface area (Å²) >= 11 is 0. The van der Waals surface area contributed by atoms with Gasteiger partial charge < -0.3 is 9.64 Å². The van der Waals surface area contributed by atoms with Crippen molar-refractivity contribution in [3.05, 3.63) is 12.3 Å². The molecule has 1 aliphatic rings. The molecule has 2 nitrogen and oxygen atoms in total. The van der Waals surface area contributed by atoms with Gasteiger partial charge in [-0.3, -0.25) is 0 Å². The highest BCUT2D eigenvalue weighted by molar-refractivity contribution is 4.87. The van der Waals surface area contributed by atoms with Gasteiger partial charge in [0.2, 0.25) is 0 Å². The minimum Gasteiger partial charge on any atom is -0.377 e. The quantitative estimate of drug-likeness (QED) is 0.641. The molecule has 1 fully saturated rings. The summed E-state index contributed by atoms with van der Waals surface area (Å²) in [6.07, 6.45) is 6.73. The van der Waals surface area contributed by atoms with Crippen LogP contribution in [0.4, 0.5) is 0 Å². The molecule has 1 atom stereocenters. The Morgan fingerprint density at radius 2 is 2.33 bits per heavy atom. The van der Waals surface area contributed by atoms with Gasteiger partial charge in [-0.2, -0.15) is 0 Å². The van der Waals surface area contributed by atoms with Gasteiger partial charge in [0.1, 0.15) is 0 Å². The van der Waals surface area contributed by atoms with E-state index < -0.39 is 0 Å². The van der Waals surface area contributed by atoms with Crippen LogP contribution in [-0.2, 0) is 4.74 Å². The highest BCUT2D eigenvalue weighted by Gasteiger charge is 2.17. The fraction of sp³-hybridized carbons (Fsp3) is 0.800. The van der Waals surface area contributed by atoms with Crippen LogP contribution in [0.1, 0.15) is 26.7 Å². The number of allylic oxidation sites excluding steroid dienone is 1. The van der Waals surface area contributed by atoms with Gasteiger partial charge in [-0.15, -0.1) is 0 Å². The second-order valence-corrected chi connectivity index (χ2v) is 3.17. The number of morpholine rings is 1. The maximum absolute atomic E-state index is 5.41. The number of hydrogen-bond donors (Lipinski definition) is 0. The molecular weight excluding hydrogens is 150 g/mol. The molecule has 70 valence electrons. The first-order valence-corrected chi connectivity index (χ1v) is 4.88. The molecule has 0 aromatic rings. The SMILES string of the molecule is CCC=CN1CCOCC1CC. The first-order valence-electron chi connectivity index (χ1n) is 4.88. The predicted molar refractivity (Wildman–Crippen MR) is 51.0 cm³/mol. The van der Waals surface area contributed by atoms with Crippen molar-refractivity contribution in [1.29, 1.82) is 0 Å². The summed E-state index contributed by atoms with van der Waals surface area (Å²) in [6, 6.07) is 0.599. The molecule has 1 aliphatic heterocycles. The van der Waals surface area contributed by atoms with Gasteiger partial charge in [0.15, 0.2) is 0 Å². The average molecular weight is 169 g/mol. The van der Waals surface area contributed by atoms with Crippen LogP contribution in [0.3, 0.4) is 0 Å². The lowest BCUT2D eigenvalue weighted by atomic mass is 10.2. The third-order valence-electron chi connectivity index (χ3n) is 2.28. The molecule has 0 bridgehead atoms. The molecule has 0 amide bonds. The molecule has 0 aliphatic carbocycles. The van der Waals surface area contributed by atoms with E-state index >= 15 is 0 Å². The largest absolute Gasteiger partial charge is 0.377 e. The topological polar surface area (TPSA) is 12.5 Å². The highest BCUT2D eigenvalue weighted by atomic mass is 16.5. The Balaban J connectivity index is 2.41. The average Bonchev–Trinajstić information content (AvgIpc) is 2.15. The lowest BCUT2D eigenvalue weighted by molar-refractivity contribution is 0.0150. The van der Waals surface area contributed by atoms with Crippen LogP contribution in [0.25, 0.3) is 0 Å². The van der Waals surface area contributed by atoms with Crippen molar-refractivity contribution < 1.29 is 4.74 Å². The lowest BCUT2D eigenvalue weighted by Gasteiger charge is -2.34. The molecule has 1 saturated heterocycles. The zero-order valence-corrected chi connectivity index (χ0v) is 8.12. The van der Waals surface area contributed by atoms with E-state index in [1.165, 1.54) is 6.42 Å². The molecule has 1 unspecified atom stereocenters. The van der Waals surface area contributed by atoms with Crippen LogP contribution in [0.2, 0.25) is 0 Å². The summed E-state index contributed by atoms with van der Waals surface area (Å²) in [5, 5.41) is 0. The smallest absolute Gasteiger partial charge is 0.0670 e. The van der Waals surface area contributed by atoms with Crippen LogP contribution in [-0.4, -0.2) is 30.7 Å². The van der Waals surface area contributed by atoms with Gasteiger partial charge in [0.05, 0.1) is 19.3 Å². The van der Waals surface area contributed by atoms with E-state index in [1.54, 1.807) is 0 Å². The third kappa shape index (κ3) is 2.52. The summed E-state index contributed by atoms with van der Waals surface area (Å²) in [4.78, 5) is 2.40. The molecule has 0 saturated carbocycles. The number of ether oxygens (including phenoxy) is 1. The second kappa shape index (κ2) is 5.20. The molecule has 1 heterocycles. The van der Waals surface area contributed by atoms with Crippen molar-refractivity contribution in [3.63, 3.8) is 0 Å². The first kappa shape index (κ1) is 9.59. The van der Waals surface area contributed by atoms with Crippen molar-refractivity contribution in [1.82, 2.24) is 4.90 Å². The standard InChI is InChI=1S/C10H19NO/c1-3-5-6-11-7-8-12-9-10(11)4-2/h5-6,10H,3-4,7-9H2,1-2H3. The molecule has 0 aromatic carbocycles. The maximum Gasteiger partial charge on any atom is 0.0670 e. The Hall–Kier alpha value is -0.500. The van der Waals surface area contributed by atoms with Gasteiger partial charge in [0.25, 0.3) is 0 Å². The molecule has 0 aromatic heterocycles. The van der Waals surface area contributed by atoms with Crippen LogP contribution in [0, 0.1) is 0 Å². The van der Waals surface area contributed by atoms with Gasteiger partial charge in [0, 0.05) is 6.54 Å². The summed E-state index contributed by atoms with van der Waals surface area (Å²) in [5.74, 6) is 0. The minimum atomic E-state index is 0.599. The Labute approximate surface area is 75.2 Å². The molecule has 0 radical (unpaired) electrons. The fourth-order valence-corrected chi connectivity index (χ4v) is 1.46.